The lowest BCUT2D eigenvalue weighted by Gasteiger charge is -2.18. The van der Waals surface area contributed by atoms with E-state index in [1.165, 1.54) is 25.7 Å². The average Bonchev–Trinajstić information content (AvgIpc) is 2.97. The number of amides is 1. The maximum atomic E-state index is 13.2. The summed E-state index contributed by atoms with van der Waals surface area (Å²) in [5.74, 6) is -0.0311. The van der Waals surface area contributed by atoms with Crippen LogP contribution in [0.25, 0.3) is 22.2 Å². The number of fused-ring (bicyclic) bond motifs is 1. The zero-order chi connectivity index (χ0) is 19.5. The summed E-state index contributed by atoms with van der Waals surface area (Å²) in [6, 6.07) is 15.9. The second-order valence-corrected chi connectivity index (χ2v) is 8.08. The molecule has 1 amide bonds. The van der Waals surface area contributed by atoms with Crippen LogP contribution in [0.1, 0.15) is 54.4 Å². The summed E-state index contributed by atoms with van der Waals surface area (Å²) in [7, 11) is 0. The molecule has 1 heterocycles. The molecule has 0 aliphatic heterocycles. The molecule has 1 saturated carbocycles. The fourth-order valence-electron chi connectivity index (χ4n) is 4.09. The maximum Gasteiger partial charge on any atom is 0.252 e. The van der Waals surface area contributed by atoms with E-state index >= 15 is 0 Å². The molecule has 1 aromatic heterocycles. The van der Waals surface area contributed by atoms with Gasteiger partial charge in [-0.15, -0.1) is 0 Å². The fourth-order valence-corrected chi connectivity index (χ4v) is 4.30. The highest BCUT2D eigenvalue weighted by Crippen LogP contribution is 2.30. The average molecular weight is 393 g/mol. The number of nitrogens with zero attached hydrogens (tertiary/aromatic N) is 1. The summed E-state index contributed by atoms with van der Waals surface area (Å²) in [5.41, 5.74) is 4.25. The van der Waals surface area contributed by atoms with E-state index in [4.69, 9.17) is 16.6 Å². The molecule has 3 aromatic rings. The van der Waals surface area contributed by atoms with Crippen LogP contribution < -0.4 is 5.32 Å². The van der Waals surface area contributed by atoms with Crippen molar-refractivity contribution >= 4 is 28.4 Å². The molecule has 144 valence electrons. The van der Waals surface area contributed by atoms with E-state index in [1.807, 2.05) is 42.5 Å². The lowest BCUT2D eigenvalue weighted by molar-refractivity contribution is 0.0935. The van der Waals surface area contributed by atoms with Crippen molar-refractivity contribution in [1.29, 1.82) is 0 Å². The zero-order valence-corrected chi connectivity index (χ0v) is 16.9. The molecular formula is C24H25ClN2O. The number of carbonyl (C=O) groups excluding carboxylic acids is 1. The largest absolute Gasteiger partial charge is 0.349 e. The third-order valence-corrected chi connectivity index (χ3v) is 5.95. The van der Waals surface area contributed by atoms with Gasteiger partial charge in [0.2, 0.25) is 0 Å². The van der Waals surface area contributed by atoms with Gasteiger partial charge in [0.15, 0.2) is 0 Å². The normalized spacial score (nSPS) is 15.4. The molecule has 4 rings (SSSR count). The Morgan fingerprint density at radius 3 is 2.54 bits per heavy atom. The number of hydrogen-bond donors (Lipinski definition) is 1. The van der Waals surface area contributed by atoms with Crippen LogP contribution in [0, 0.1) is 6.92 Å². The van der Waals surface area contributed by atoms with Crippen molar-refractivity contribution in [3.8, 4) is 11.3 Å². The van der Waals surface area contributed by atoms with Crippen LogP contribution in [0.5, 0.6) is 0 Å². The minimum atomic E-state index is -0.0311. The Morgan fingerprint density at radius 1 is 1.04 bits per heavy atom. The second-order valence-electron chi connectivity index (χ2n) is 7.67. The Labute approximate surface area is 171 Å². The van der Waals surface area contributed by atoms with Gasteiger partial charge in [-0.1, -0.05) is 73.7 Å². The van der Waals surface area contributed by atoms with Gasteiger partial charge in [-0.2, -0.15) is 0 Å². The zero-order valence-electron chi connectivity index (χ0n) is 16.2. The second kappa shape index (κ2) is 8.32. The Hall–Kier alpha value is -2.39. The molecule has 0 spiro atoms. The summed E-state index contributed by atoms with van der Waals surface area (Å²) in [4.78, 5) is 18.0. The summed E-state index contributed by atoms with van der Waals surface area (Å²) in [6.45, 7) is 2.05. The van der Waals surface area contributed by atoms with Gasteiger partial charge in [0.25, 0.3) is 5.91 Å². The van der Waals surface area contributed by atoms with E-state index in [2.05, 4.69) is 18.3 Å². The fraction of sp³-hybridized carbons (Fsp3) is 0.333. The summed E-state index contributed by atoms with van der Waals surface area (Å²) in [6.07, 6.45) is 7.00. The van der Waals surface area contributed by atoms with E-state index in [9.17, 15) is 4.79 Å². The topological polar surface area (TPSA) is 42.0 Å². The van der Waals surface area contributed by atoms with Crippen LogP contribution in [0.4, 0.5) is 0 Å². The number of hydrogen-bond acceptors (Lipinski definition) is 2. The number of aryl methyl sites for hydroxylation is 1. The SMILES string of the molecule is Cc1ccccc1-c1cc(C(=O)NC2CCCCCC2)c2cccc(Cl)c2n1. The van der Waals surface area contributed by atoms with Crippen LogP contribution >= 0.6 is 11.6 Å². The molecule has 1 aliphatic carbocycles. The molecule has 0 atom stereocenters. The number of nitrogens with one attached hydrogen (secondary N) is 1. The highest BCUT2D eigenvalue weighted by molar-refractivity contribution is 6.35. The number of benzene rings is 2. The molecule has 2 aromatic carbocycles. The van der Waals surface area contributed by atoms with Gasteiger partial charge >= 0.3 is 0 Å². The first-order valence-corrected chi connectivity index (χ1v) is 10.5. The Bertz CT molecular complexity index is 1010. The Kier molecular flexibility index (Phi) is 5.63. The predicted octanol–water partition coefficient (Wildman–Crippen LogP) is 6.32. The quantitative estimate of drug-likeness (QED) is 0.530. The highest BCUT2D eigenvalue weighted by atomic mass is 35.5. The molecule has 28 heavy (non-hydrogen) atoms. The minimum absolute atomic E-state index is 0.0311. The molecule has 4 heteroatoms. The monoisotopic (exact) mass is 392 g/mol. The summed E-state index contributed by atoms with van der Waals surface area (Å²) in [5, 5.41) is 4.64. The van der Waals surface area contributed by atoms with Gasteiger partial charge in [0.1, 0.15) is 0 Å². The van der Waals surface area contributed by atoms with E-state index in [1.54, 1.807) is 0 Å². The molecule has 1 aliphatic rings. The highest BCUT2D eigenvalue weighted by Gasteiger charge is 2.20. The van der Waals surface area contributed by atoms with Gasteiger partial charge in [-0.3, -0.25) is 4.79 Å². The number of halogens is 1. The van der Waals surface area contributed by atoms with Crippen molar-refractivity contribution in [2.75, 3.05) is 0 Å². The van der Waals surface area contributed by atoms with Crippen molar-refractivity contribution < 1.29 is 4.79 Å². The first-order valence-electron chi connectivity index (χ1n) is 10.1. The van der Waals surface area contributed by atoms with Gasteiger partial charge in [0.05, 0.1) is 21.8 Å². The molecule has 0 bridgehead atoms. The number of carbonyl (C=O) groups is 1. The predicted molar refractivity (Wildman–Crippen MR) is 116 cm³/mol. The van der Waals surface area contributed by atoms with Crippen molar-refractivity contribution in [2.24, 2.45) is 0 Å². The first-order chi connectivity index (χ1) is 13.6. The lowest BCUT2D eigenvalue weighted by atomic mass is 10.00. The minimum Gasteiger partial charge on any atom is -0.349 e. The van der Waals surface area contributed by atoms with Crippen LogP contribution in [0.2, 0.25) is 5.02 Å². The molecule has 3 nitrogen and oxygen atoms in total. The van der Waals surface area contributed by atoms with E-state index in [-0.39, 0.29) is 11.9 Å². The third-order valence-electron chi connectivity index (χ3n) is 5.65. The lowest BCUT2D eigenvalue weighted by Crippen LogP contribution is -2.34. The molecule has 0 unspecified atom stereocenters. The first kappa shape index (κ1) is 18.9. The number of rotatable bonds is 3. The third kappa shape index (κ3) is 3.90. The van der Waals surface area contributed by atoms with Crippen LogP contribution in [-0.2, 0) is 0 Å². The van der Waals surface area contributed by atoms with Gasteiger partial charge in [0, 0.05) is 17.0 Å². The van der Waals surface area contributed by atoms with Gasteiger partial charge in [-0.25, -0.2) is 4.98 Å². The smallest absolute Gasteiger partial charge is 0.252 e. The maximum absolute atomic E-state index is 13.2. The van der Waals surface area contributed by atoms with Crippen molar-refractivity contribution in [2.45, 2.75) is 51.5 Å². The molecule has 0 saturated heterocycles. The number of para-hydroxylation sites is 1. The molecule has 0 radical (unpaired) electrons. The molecular weight excluding hydrogens is 368 g/mol. The van der Waals surface area contributed by atoms with Gasteiger partial charge < -0.3 is 5.32 Å². The van der Waals surface area contributed by atoms with Crippen molar-refractivity contribution in [3.05, 3.63) is 64.7 Å². The Balaban J connectivity index is 1.79. The van der Waals surface area contributed by atoms with E-state index in [0.717, 1.165) is 35.0 Å². The van der Waals surface area contributed by atoms with Crippen molar-refractivity contribution in [3.63, 3.8) is 0 Å². The van der Waals surface area contributed by atoms with E-state index in [0.29, 0.717) is 16.1 Å². The Morgan fingerprint density at radius 2 is 1.79 bits per heavy atom. The molecule has 1 N–H and O–H groups in total. The van der Waals surface area contributed by atoms with Crippen LogP contribution in [-0.4, -0.2) is 16.9 Å². The summed E-state index contributed by atoms with van der Waals surface area (Å²) < 4.78 is 0. The van der Waals surface area contributed by atoms with Crippen LogP contribution in [0.15, 0.2) is 48.5 Å². The van der Waals surface area contributed by atoms with Crippen LogP contribution in [0.3, 0.4) is 0 Å². The number of pyridine rings is 1. The van der Waals surface area contributed by atoms with E-state index < -0.39 is 0 Å². The van der Waals surface area contributed by atoms with Gasteiger partial charge in [-0.05, 0) is 37.5 Å². The van der Waals surface area contributed by atoms with Crippen molar-refractivity contribution in [1.82, 2.24) is 10.3 Å². The number of aromatic nitrogens is 1. The standard InChI is InChI=1S/C24H25ClN2O/c1-16-9-6-7-12-18(16)22-15-20(19-13-8-14-21(25)23(19)27-22)24(28)26-17-10-4-2-3-5-11-17/h6-9,12-15,17H,2-5,10-11H2,1H3,(H,26,28). The molecule has 1 fully saturated rings. The summed E-state index contributed by atoms with van der Waals surface area (Å²) >= 11 is 6.45.